The fraction of sp³-hybridized carbons (Fsp3) is 0.200. The molecular weight excluding hydrogens is 196 g/mol. The fourth-order valence-corrected chi connectivity index (χ4v) is 1.60. The van der Waals surface area contributed by atoms with E-state index in [9.17, 15) is 0 Å². The Morgan fingerprint density at radius 3 is 2.44 bits per heavy atom. The standard InChI is InChI=1S/C15H18O/c1-5-12(3)16-13(4)15(6-2)14-10-8-7-9-11-14/h5,7-11H,1,3,6H2,2,4H3. The lowest BCUT2D eigenvalue weighted by molar-refractivity contribution is 0.326. The van der Waals surface area contributed by atoms with E-state index in [2.05, 4.69) is 32.2 Å². The summed E-state index contributed by atoms with van der Waals surface area (Å²) in [4.78, 5) is 0. The highest BCUT2D eigenvalue weighted by atomic mass is 16.5. The van der Waals surface area contributed by atoms with Gasteiger partial charge in [-0.3, -0.25) is 0 Å². The molecule has 0 spiro atoms. The molecule has 1 aromatic carbocycles. The topological polar surface area (TPSA) is 9.23 Å². The molecule has 0 heterocycles. The SMILES string of the molecule is C=CC(=C)OC(C)=C(CC)c1ccccc1. The minimum atomic E-state index is 0.583. The Bertz CT molecular complexity index is 399. The van der Waals surface area contributed by atoms with Gasteiger partial charge in [0.2, 0.25) is 0 Å². The Kier molecular flexibility index (Phi) is 4.59. The third-order valence-corrected chi connectivity index (χ3v) is 2.41. The van der Waals surface area contributed by atoms with Crippen molar-refractivity contribution in [2.45, 2.75) is 20.3 Å². The lowest BCUT2D eigenvalue weighted by atomic mass is 10.0. The van der Waals surface area contributed by atoms with E-state index in [0.717, 1.165) is 12.2 Å². The van der Waals surface area contributed by atoms with E-state index in [1.54, 1.807) is 6.08 Å². The van der Waals surface area contributed by atoms with E-state index in [1.807, 2.05) is 25.1 Å². The Hall–Kier alpha value is -1.76. The summed E-state index contributed by atoms with van der Waals surface area (Å²) in [6, 6.07) is 10.2. The van der Waals surface area contributed by atoms with E-state index < -0.39 is 0 Å². The van der Waals surface area contributed by atoms with Crippen molar-refractivity contribution in [1.82, 2.24) is 0 Å². The Morgan fingerprint density at radius 2 is 1.94 bits per heavy atom. The van der Waals surface area contributed by atoms with E-state index in [0.29, 0.717) is 5.76 Å². The molecule has 1 rings (SSSR count). The monoisotopic (exact) mass is 214 g/mol. The molecule has 1 heteroatoms. The van der Waals surface area contributed by atoms with Gasteiger partial charge in [0, 0.05) is 0 Å². The van der Waals surface area contributed by atoms with Crippen LogP contribution in [0.3, 0.4) is 0 Å². The van der Waals surface area contributed by atoms with Crippen LogP contribution >= 0.6 is 0 Å². The summed E-state index contributed by atoms with van der Waals surface area (Å²) >= 11 is 0. The maximum Gasteiger partial charge on any atom is 0.119 e. The predicted molar refractivity (Wildman–Crippen MR) is 69.7 cm³/mol. The third-order valence-electron chi connectivity index (χ3n) is 2.41. The van der Waals surface area contributed by atoms with Crippen molar-refractivity contribution in [2.75, 3.05) is 0 Å². The van der Waals surface area contributed by atoms with Gasteiger partial charge in [0.15, 0.2) is 0 Å². The van der Waals surface area contributed by atoms with Gasteiger partial charge in [-0.25, -0.2) is 0 Å². The first-order valence-electron chi connectivity index (χ1n) is 5.43. The molecule has 0 amide bonds. The van der Waals surface area contributed by atoms with E-state index in [1.165, 1.54) is 11.1 Å². The van der Waals surface area contributed by atoms with Crippen LogP contribution in [0, 0.1) is 0 Å². The van der Waals surface area contributed by atoms with Crippen molar-refractivity contribution >= 4 is 5.57 Å². The molecule has 0 unspecified atom stereocenters. The number of hydrogen-bond donors (Lipinski definition) is 0. The summed E-state index contributed by atoms with van der Waals surface area (Å²) in [5, 5.41) is 0. The molecule has 0 saturated carbocycles. The second-order valence-corrected chi connectivity index (χ2v) is 3.53. The van der Waals surface area contributed by atoms with Crippen LogP contribution in [0.25, 0.3) is 5.57 Å². The number of benzene rings is 1. The Balaban J connectivity index is 3.00. The molecule has 0 aliphatic rings. The quantitative estimate of drug-likeness (QED) is 0.516. The van der Waals surface area contributed by atoms with Gasteiger partial charge in [-0.15, -0.1) is 0 Å². The van der Waals surface area contributed by atoms with Crippen LogP contribution in [0.5, 0.6) is 0 Å². The smallest absolute Gasteiger partial charge is 0.119 e. The second kappa shape index (κ2) is 5.96. The van der Waals surface area contributed by atoms with Gasteiger partial charge in [0.1, 0.15) is 11.5 Å². The summed E-state index contributed by atoms with van der Waals surface area (Å²) < 4.78 is 5.57. The molecule has 0 fully saturated rings. The van der Waals surface area contributed by atoms with Crippen LogP contribution in [0.2, 0.25) is 0 Å². The van der Waals surface area contributed by atoms with Crippen LogP contribution in [-0.2, 0) is 4.74 Å². The number of hydrogen-bond acceptors (Lipinski definition) is 1. The first kappa shape index (κ1) is 12.3. The van der Waals surface area contributed by atoms with Crippen LogP contribution in [0.15, 0.2) is 61.1 Å². The molecule has 0 bridgehead atoms. The first-order chi connectivity index (χ1) is 7.69. The van der Waals surface area contributed by atoms with Gasteiger partial charge in [0.05, 0.1) is 0 Å². The summed E-state index contributed by atoms with van der Waals surface area (Å²) in [5.74, 6) is 1.47. The highest BCUT2D eigenvalue weighted by molar-refractivity contribution is 5.67. The Morgan fingerprint density at radius 1 is 1.31 bits per heavy atom. The van der Waals surface area contributed by atoms with E-state index in [4.69, 9.17) is 4.74 Å². The summed E-state index contributed by atoms with van der Waals surface area (Å²) in [6.07, 6.45) is 2.54. The average Bonchev–Trinajstić information content (AvgIpc) is 2.31. The van der Waals surface area contributed by atoms with Crippen LogP contribution in [-0.4, -0.2) is 0 Å². The molecule has 0 aromatic heterocycles. The fourth-order valence-electron chi connectivity index (χ4n) is 1.60. The van der Waals surface area contributed by atoms with Crippen molar-refractivity contribution < 1.29 is 4.74 Å². The van der Waals surface area contributed by atoms with Gasteiger partial charge in [-0.05, 0) is 30.6 Å². The van der Waals surface area contributed by atoms with Crippen molar-refractivity contribution in [1.29, 1.82) is 0 Å². The summed E-state index contributed by atoms with van der Waals surface area (Å²) in [6.45, 7) is 11.4. The zero-order chi connectivity index (χ0) is 12.0. The zero-order valence-corrected chi connectivity index (χ0v) is 9.99. The molecule has 0 N–H and O–H groups in total. The Labute approximate surface area is 97.8 Å². The van der Waals surface area contributed by atoms with Gasteiger partial charge < -0.3 is 4.74 Å². The van der Waals surface area contributed by atoms with Gasteiger partial charge in [-0.2, -0.15) is 0 Å². The predicted octanol–water partition coefficient (Wildman–Crippen LogP) is 4.54. The lowest BCUT2D eigenvalue weighted by Gasteiger charge is -2.12. The third kappa shape index (κ3) is 3.13. The van der Waals surface area contributed by atoms with E-state index in [-0.39, 0.29) is 0 Å². The molecule has 84 valence electrons. The molecule has 0 aliphatic heterocycles. The van der Waals surface area contributed by atoms with Crippen molar-refractivity contribution in [3.8, 4) is 0 Å². The van der Waals surface area contributed by atoms with Crippen LogP contribution < -0.4 is 0 Å². The zero-order valence-electron chi connectivity index (χ0n) is 9.99. The molecule has 0 atom stereocenters. The maximum atomic E-state index is 5.57. The van der Waals surface area contributed by atoms with Crippen LogP contribution in [0.4, 0.5) is 0 Å². The minimum Gasteiger partial charge on any atom is -0.462 e. The summed E-state index contributed by atoms with van der Waals surface area (Å²) in [7, 11) is 0. The molecule has 0 aliphatic carbocycles. The molecular formula is C15H18O. The molecule has 0 saturated heterocycles. The highest BCUT2D eigenvalue weighted by Gasteiger charge is 2.05. The number of allylic oxidation sites excluding steroid dienone is 3. The van der Waals surface area contributed by atoms with Gasteiger partial charge >= 0.3 is 0 Å². The average molecular weight is 214 g/mol. The molecule has 1 aromatic rings. The molecule has 0 radical (unpaired) electrons. The van der Waals surface area contributed by atoms with E-state index >= 15 is 0 Å². The summed E-state index contributed by atoms with van der Waals surface area (Å²) in [5.41, 5.74) is 2.39. The largest absolute Gasteiger partial charge is 0.462 e. The minimum absolute atomic E-state index is 0.583. The maximum absolute atomic E-state index is 5.57. The van der Waals surface area contributed by atoms with Crippen molar-refractivity contribution in [2.24, 2.45) is 0 Å². The molecule has 16 heavy (non-hydrogen) atoms. The second-order valence-electron chi connectivity index (χ2n) is 3.53. The normalized spacial score (nSPS) is 11.6. The van der Waals surface area contributed by atoms with Gasteiger partial charge in [0.25, 0.3) is 0 Å². The van der Waals surface area contributed by atoms with Gasteiger partial charge in [-0.1, -0.05) is 50.4 Å². The van der Waals surface area contributed by atoms with Crippen LogP contribution in [0.1, 0.15) is 25.8 Å². The lowest BCUT2D eigenvalue weighted by Crippen LogP contribution is -1.92. The molecule has 1 nitrogen and oxygen atoms in total. The highest BCUT2D eigenvalue weighted by Crippen LogP contribution is 2.23. The van der Waals surface area contributed by atoms with Crippen molar-refractivity contribution in [3.05, 3.63) is 66.6 Å². The number of ether oxygens (including phenoxy) is 1. The number of rotatable bonds is 5. The first-order valence-corrected chi connectivity index (χ1v) is 5.43. The van der Waals surface area contributed by atoms with Crippen molar-refractivity contribution in [3.63, 3.8) is 0 Å².